The zero-order valence-corrected chi connectivity index (χ0v) is 8.90. The predicted octanol–water partition coefficient (Wildman–Crippen LogP) is 2.56. The second kappa shape index (κ2) is 4.15. The maximum Gasteiger partial charge on any atom is 0.140 e. The molecule has 1 atom stereocenters. The molecule has 14 heavy (non-hydrogen) atoms. The van der Waals surface area contributed by atoms with Crippen LogP contribution in [0.1, 0.15) is 24.0 Å². The third kappa shape index (κ3) is 1.83. The number of hydrogen-bond acceptors (Lipinski definition) is 2. The largest absolute Gasteiger partial charge is 0.506 e. The van der Waals surface area contributed by atoms with Crippen LogP contribution in [0.5, 0.6) is 5.75 Å². The molecule has 0 amide bonds. The van der Waals surface area contributed by atoms with Gasteiger partial charge in [0.25, 0.3) is 0 Å². The standard InChI is InChI=1S/C10H13ClFNO/c1-5-3-7(11)10(14)8(9(5)12)6(2)4-13/h3,6,14H,4,13H2,1-2H3. The highest BCUT2D eigenvalue weighted by atomic mass is 35.5. The van der Waals surface area contributed by atoms with Gasteiger partial charge >= 0.3 is 0 Å². The lowest BCUT2D eigenvalue weighted by molar-refractivity contribution is 0.451. The highest BCUT2D eigenvalue weighted by Crippen LogP contribution is 2.35. The van der Waals surface area contributed by atoms with Gasteiger partial charge in [-0.15, -0.1) is 0 Å². The lowest BCUT2D eigenvalue weighted by atomic mass is 9.97. The first kappa shape index (κ1) is 11.3. The molecule has 0 fully saturated rings. The Hall–Kier alpha value is -0.800. The first-order valence-electron chi connectivity index (χ1n) is 4.36. The fourth-order valence-corrected chi connectivity index (χ4v) is 1.60. The maximum atomic E-state index is 13.6. The molecule has 78 valence electrons. The molecule has 4 heteroatoms. The molecule has 2 nitrogen and oxygen atoms in total. The average molecular weight is 218 g/mol. The minimum atomic E-state index is -0.426. The predicted molar refractivity (Wildman–Crippen MR) is 55.3 cm³/mol. The average Bonchev–Trinajstić information content (AvgIpc) is 2.15. The van der Waals surface area contributed by atoms with E-state index in [1.54, 1.807) is 13.8 Å². The third-order valence-electron chi connectivity index (χ3n) is 2.25. The molecule has 1 aromatic carbocycles. The van der Waals surface area contributed by atoms with Crippen LogP contribution >= 0.6 is 11.6 Å². The topological polar surface area (TPSA) is 46.2 Å². The fourth-order valence-electron chi connectivity index (χ4n) is 1.33. The van der Waals surface area contributed by atoms with E-state index in [1.165, 1.54) is 6.07 Å². The molecular weight excluding hydrogens is 205 g/mol. The van der Waals surface area contributed by atoms with Gasteiger partial charge in [0.05, 0.1) is 5.02 Å². The molecule has 1 unspecified atom stereocenters. The van der Waals surface area contributed by atoms with Gasteiger partial charge in [0.1, 0.15) is 11.6 Å². The molecule has 1 rings (SSSR count). The van der Waals surface area contributed by atoms with Gasteiger partial charge in [-0.25, -0.2) is 4.39 Å². The van der Waals surface area contributed by atoms with Crippen molar-refractivity contribution in [3.05, 3.63) is 28.0 Å². The molecule has 0 saturated heterocycles. The van der Waals surface area contributed by atoms with E-state index in [-0.39, 0.29) is 28.8 Å². The normalized spacial score (nSPS) is 12.9. The van der Waals surface area contributed by atoms with Crippen LogP contribution in [0.15, 0.2) is 6.07 Å². The molecule has 1 aromatic rings. The van der Waals surface area contributed by atoms with Gasteiger partial charge < -0.3 is 10.8 Å². The van der Waals surface area contributed by atoms with E-state index in [2.05, 4.69) is 0 Å². The number of hydrogen-bond donors (Lipinski definition) is 2. The Morgan fingerprint density at radius 1 is 1.64 bits per heavy atom. The van der Waals surface area contributed by atoms with Crippen molar-refractivity contribution in [2.24, 2.45) is 5.73 Å². The second-order valence-electron chi connectivity index (χ2n) is 3.39. The minimum absolute atomic E-state index is 0.166. The number of nitrogens with two attached hydrogens (primary N) is 1. The van der Waals surface area contributed by atoms with E-state index in [0.717, 1.165) is 0 Å². The lowest BCUT2D eigenvalue weighted by Crippen LogP contribution is -2.11. The van der Waals surface area contributed by atoms with Crippen LogP contribution in [-0.2, 0) is 0 Å². The SMILES string of the molecule is Cc1cc(Cl)c(O)c(C(C)CN)c1F. The van der Waals surface area contributed by atoms with E-state index < -0.39 is 5.82 Å². The van der Waals surface area contributed by atoms with E-state index in [9.17, 15) is 9.50 Å². The summed E-state index contributed by atoms with van der Waals surface area (Å²) in [5, 5.41) is 9.74. The van der Waals surface area contributed by atoms with Crippen molar-refractivity contribution >= 4 is 11.6 Å². The molecular formula is C10H13ClFNO. The molecule has 0 spiro atoms. The van der Waals surface area contributed by atoms with Crippen molar-refractivity contribution in [1.82, 2.24) is 0 Å². The monoisotopic (exact) mass is 217 g/mol. The Morgan fingerprint density at radius 2 is 2.21 bits per heavy atom. The molecule has 0 aliphatic carbocycles. The minimum Gasteiger partial charge on any atom is -0.506 e. The number of rotatable bonds is 2. The second-order valence-corrected chi connectivity index (χ2v) is 3.80. The van der Waals surface area contributed by atoms with Gasteiger partial charge in [-0.2, -0.15) is 0 Å². The van der Waals surface area contributed by atoms with Crippen molar-refractivity contribution in [2.75, 3.05) is 6.54 Å². The van der Waals surface area contributed by atoms with Crippen LogP contribution in [0.25, 0.3) is 0 Å². The van der Waals surface area contributed by atoms with Crippen LogP contribution in [0.3, 0.4) is 0 Å². The lowest BCUT2D eigenvalue weighted by Gasteiger charge is -2.14. The van der Waals surface area contributed by atoms with E-state index in [1.807, 2.05) is 0 Å². The van der Waals surface area contributed by atoms with Gasteiger partial charge in [-0.3, -0.25) is 0 Å². The summed E-state index contributed by atoms with van der Waals surface area (Å²) in [6.07, 6.45) is 0. The molecule has 0 saturated carbocycles. The number of aromatic hydroxyl groups is 1. The Bertz CT molecular complexity index is 328. The highest BCUT2D eigenvalue weighted by molar-refractivity contribution is 6.32. The van der Waals surface area contributed by atoms with Crippen LogP contribution in [0.4, 0.5) is 4.39 Å². The van der Waals surface area contributed by atoms with Gasteiger partial charge in [0, 0.05) is 5.56 Å². The Morgan fingerprint density at radius 3 is 2.71 bits per heavy atom. The van der Waals surface area contributed by atoms with Crippen LogP contribution < -0.4 is 5.73 Å². The first-order valence-corrected chi connectivity index (χ1v) is 4.74. The molecule has 0 aromatic heterocycles. The van der Waals surface area contributed by atoms with Gasteiger partial charge in [0.15, 0.2) is 0 Å². The van der Waals surface area contributed by atoms with Crippen molar-refractivity contribution in [3.8, 4) is 5.75 Å². The molecule has 0 heterocycles. The summed E-state index contributed by atoms with van der Waals surface area (Å²) in [4.78, 5) is 0. The van der Waals surface area contributed by atoms with E-state index in [0.29, 0.717) is 5.56 Å². The molecule has 0 bridgehead atoms. The number of phenolic OH excluding ortho intramolecular Hbond substituents is 1. The Balaban J connectivity index is 3.39. The van der Waals surface area contributed by atoms with E-state index >= 15 is 0 Å². The number of phenols is 1. The van der Waals surface area contributed by atoms with Crippen molar-refractivity contribution in [3.63, 3.8) is 0 Å². The summed E-state index contributed by atoms with van der Waals surface area (Å²) in [5.41, 5.74) is 6.05. The van der Waals surface area contributed by atoms with Crippen molar-refractivity contribution in [2.45, 2.75) is 19.8 Å². The van der Waals surface area contributed by atoms with Gasteiger partial charge in [-0.1, -0.05) is 18.5 Å². The summed E-state index contributed by atoms with van der Waals surface area (Å²) in [6, 6.07) is 1.40. The van der Waals surface area contributed by atoms with Gasteiger partial charge in [-0.05, 0) is 31.0 Å². The molecule has 0 radical (unpaired) electrons. The van der Waals surface area contributed by atoms with Gasteiger partial charge in [0.2, 0.25) is 0 Å². The zero-order valence-electron chi connectivity index (χ0n) is 8.14. The zero-order chi connectivity index (χ0) is 10.9. The number of aryl methyl sites for hydroxylation is 1. The highest BCUT2D eigenvalue weighted by Gasteiger charge is 2.19. The summed E-state index contributed by atoms with van der Waals surface area (Å²) in [5.74, 6) is -0.870. The van der Waals surface area contributed by atoms with Crippen LogP contribution in [0.2, 0.25) is 5.02 Å². The fraction of sp³-hybridized carbons (Fsp3) is 0.400. The Labute approximate surface area is 87.5 Å². The first-order chi connectivity index (χ1) is 6.49. The van der Waals surface area contributed by atoms with Crippen molar-refractivity contribution < 1.29 is 9.50 Å². The maximum absolute atomic E-state index is 13.6. The summed E-state index contributed by atoms with van der Waals surface area (Å²) >= 11 is 5.73. The smallest absolute Gasteiger partial charge is 0.140 e. The summed E-state index contributed by atoms with van der Waals surface area (Å²) in [7, 11) is 0. The third-order valence-corrected chi connectivity index (χ3v) is 2.54. The molecule has 0 aliphatic heterocycles. The van der Waals surface area contributed by atoms with Crippen LogP contribution in [0, 0.1) is 12.7 Å². The van der Waals surface area contributed by atoms with Crippen LogP contribution in [-0.4, -0.2) is 11.7 Å². The molecule has 0 aliphatic rings. The number of halogens is 2. The Kier molecular flexibility index (Phi) is 3.34. The quantitative estimate of drug-likeness (QED) is 0.800. The van der Waals surface area contributed by atoms with Crippen molar-refractivity contribution in [1.29, 1.82) is 0 Å². The summed E-state index contributed by atoms with van der Waals surface area (Å²) in [6.45, 7) is 3.62. The number of benzene rings is 1. The molecule has 3 N–H and O–H groups in total. The van der Waals surface area contributed by atoms with E-state index in [4.69, 9.17) is 17.3 Å². The summed E-state index contributed by atoms with van der Waals surface area (Å²) < 4.78 is 13.6.